The molecule has 30 heavy (non-hydrogen) atoms. The van der Waals surface area contributed by atoms with E-state index in [0.29, 0.717) is 18.2 Å². The van der Waals surface area contributed by atoms with Gasteiger partial charge in [0.2, 0.25) is 5.95 Å². The molecule has 1 aliphatic heterocycles. The molecule has 0 unspecified atom stereocenters. The molecule has 148 valence electrons. The van der Waals surface area contributed by atoms with Crippen LogP contribution < -0.4 is 16.0 Å². The van der Waals surface area contributed by atoms with Crippen molar-refractivity contribution >= 4 is 34.1 Å². The lowest BCUT2D eigenvalue weighted by atomic mass is 10.1. The molecule has 0 saturated carbocycles. The summed E-state index contributed by atoms with van der Waals surface area (Å²) in [5.74, 6) is 0.848. The Bertz CT molecular complexity index is 1240. The number of para-hydroxylation sites is 1. The van der Waals surface area contributed by atoms with Crippen LogP contribution in [0.15, 0.2) is 66.9 Å². The number of carbonyl (C=O) groups is 1. The second-order valence-corrected chi connectivity index (χ2v) is 7.24. The number of rotatable bonds is 3. The van der Waals surface area contributed by atoms with Gasteiger partial charge in [-0.15, -0.1) is 0 Å². The van der Waals surface area contributed by atoms with Crippen LogP contribution in [0.1, 0.15) is 21.7 Å². The zero-order chi connectivity index (χ0) is 20.5. The highest BCUT2D eigenvalue weighted by molar-refractivity contribution is 6.06. The summed E-state index contributed by atoms with van der Waals surface area (Å²) in [6.07, 6.45) is 2.52. The second kappa shape index (κ2) is 7.44. The van der Waals surface area contributed by atoms with Gasteiger partial charge < -0.3 is 16.0 Å². The standard InChI is InChI=1S/C23H20N6O/c24-23-25-13-16-14-29(11-10-19(16)28-23)21-18-9-5-4-6-15(18)12-20(27-21)22(30)26-17-7-2-1-3-8-17/h1-9,12-13H,10-11,14H2,(H,26,30)(H2,24,25,28). The van der Waals surface area contributed by atoms with Gasteiger partial charge in [0.05, 0.1) is 5.69 Å². The molecule has 0 bridgehead atoms. The number of fused-ring (bicyclic) bond motifs is 2. The number of pyridine rings is 1. The fourth-order valence-corrected chi connectivity index (χ4v) is 3.77. The van der Waals surface area contributed by atoms with Gasteiger partial charge in [-0.2, -0.15) is 0 Å². The highest BCUT2D eigenvalue weighted by Gasteiger charge is 2.22. The normalized spacial score (nSPS) is 13.1. The van der Waals surface area contributed by atoms with Crippen LogP contribution in [0.25, 0.3) is 10.8 Å². The van der Waals surface area contributed by atoms with Crippen molar-refractivity contribution in [3.05, 3.63) is 83.8 Å². The average molecular weight is 396 g/mol. The Morgan fingerprint density at radius 2 is 1.83 bits per heavy atom. The fourth-order valence-electron chi connectivity index (χ4n) is 3.77. The van der Waals surface area contributed by atoms with Gasteiger partial charge in [-0.05, 0) is 23.6 Å². The number of hydrogen-bond acceptors (Lipinski definition) is 6. The number of carbonyl (C=O) groups excluding carboxylic acids is 1. The van der Waals surface area contributed by atoms with Crippen molar-refractivity contribution in [3.63, 3.8) is 0 Å². The van der Waals surface area contributed by atoms with Crippen molar-refractivity contribution in [2.75, 3.05) is 22.5 Å². The molecule has 2 aromatic heterocycles. The topological polar surface area (TPSA) is 97.0 Å². The minimum atomic E-state index is -0.235. The Labute approximate surface area is 173 Å². The van der Waals surface area contributed by atoms with E-state index in [1.165, 1.54) is 0 Å². The van der Waals surface area contributed by atoms with Crippen LogP contribution in [0, 0.1) is 0 Å². The molecular formula is C23H20N6O. The van der Waals surface area contributed by atoms with Gasteiger partial charge in [-0.25, -0.2) is 15.0 Å². The predicted octanol–water partition coefficient (Wildman–Crippen LogP) is 3.42. The maximum Gasteiger partial charge on any atom is 0.274 e. The fraction of sp³-hybridized carbons (Fsp3) is 0.130. The largest absolute Gasteiger partial charge is 0.368 e. The summed E-state index contributed by atoms with van der Waals surface area (Å²) < 4.78 is 0. The van der Waals surface area contributed by atoms with Gasteiger partial charge in [0, 0.05) is 42.3 Å². The summed E-state index contributed by atoms with van der Waals surface area (Å²) in [6.45, 7) is 1.36. The van der Waals surface area contributed by atoms with Gasteiger partial charge in [0.25, 0.3) is 5.91 Å². The molecule has 3 N–H and O–H groups in total. The molecule has 7 heteroatoms. The quantitative estimate of drug-likeness (QED) is 0.551. The third kappa shape index (κ3) is 3.41. The predicted molar refractivity (Wildman–Crippen MR) is 117 cm³/mol. The summed E-state index contributed by atoms with van der Waals surface area (Å²) in [5, 5.41) is 4.90. The van der Waals surface area contributed by atoms with E-state index >= 15 is 0 Å². The third-order valence-electron chi connectivity index (χ3n) is 5.24. The lowest BCUT2D eigenvalue weighted by Crippen LogP contribution is -2.32. The lowest BCUT2D eigenvalue weighted by Gasteiger charge is -2.30. The Kier molecular flexibility index (Phi) is 4.48. The Balaban J connectivity index is 1.53. The van der Waals surface area contributed by atoms with Crippen molar-refractivity contribution in [1.29, 1.82) is 0 Å². The maximum absolute atomic E-state index is 12.9. The first kappa shape index (κ1) is 18.1. The molecule has 3 heterocycles. The van der Waals surface area contributed by atoms with E-state index in [1.807, 2.05) is 60.7 Å². The number of benzene rings is 2. The lowest BCUT2D eigenvalue weighted by molar-refractivity contribution is 0.102. The zero-order valence-electron chi connectivity index (χ0n) is 16.2. The first-order valence-electron chi connectivity index (χ1n) is 9.79. The van der Waals surface area contributed by atoms with Crippen molar-refractivity contribution in [2.24, 2.45) is 0 Å². The SMILES string of the molecule is Nc1ncc2c(n1)CCN(c1nc(C(=O)Nc3ccccc3)cc3ccccc13)C2. The number of nitrogens with two attached hydrogens (primary N) is 1. The molecule has 0 aliphatic carbocycles. The summed E-state index contributed by atoms with van der Waals surface area (Å²) in [7, 11) is 0. The molecular weight excluding hydrogens is 376 g/mol. The summed E-state index contributed by atoms with van der Waals surface area (Å²) in [5.41, 5.74) is 8.85. The smallest absolute Gasteiger partial charge is 0.274 e. The number of amides is 1. The number of hydrogen-bond donors (Lipinski definition) is 2. The van der Waals surface area contributed by atoms with Crippen LogP contribution >= 0.6 is 0 Å². The summed E-state index contributed by atoms with van der Waals surface area (Å²) in [6, 6.07) is 19.2. The molecule has 1 aliphatic rings. The summed E-state index contributed by atoms with van der Waals surface area (Å²) >= 11 is 0. The summed E-state index contributed by atoms with van der Waals surface area (Å²) in [4.78, 5) is 28.3. The molecule has 4 aromatic rings. The van der Waals surface area contributed by atoms with Crippen LogP contribution in [0.2, 0.25) is 0 Å². The van der Waals surface area contributed by atoms with E-state index in [9.17, 15) is 4.79 Å². The molecule has 0 fully saturated rings. The number of aromatic nitrogens is 3. The van der Waals surface area contributed by atoms with Gasteiger partial charge in [0.1, 0.15) is 11.5 Å². The van der Waals surface area contributed by atoms with Crippen LogP contribution in [-0.4, -0.2) is 27.4 Å². The van der Waals surface area contributed by atoms with Crippen LogP contribution in [0.3, 0.4) is 0 Å². The zero-order valence-corrected chi connectivity index (χ0v) is 16.2. The van der Waals surface area contributed by atoms with Crippen LogP contribution in [0.4, 0.5) is 17.5 Å². The van der Waals surface area contributed by atoms with Crippen molar-refractivity contribution < 1.29 is 4.79 Å². The van der Waals surface area contributed by atoms with Gasteiger partial charge in [-0.1, -0.05) is 42.5 Å². The van der Waals surface area contributed by atoms with E-state index in [-0.39, 0.29) is 5.91 Å². The third-order valence-corrected chi connectivity index (χ3v) is 5.24. The molecule has 2 aromatic carbocycles. The highest BCUT2D eigenvalue weighted by Crippen LogP contribution is 2.30. The van der Waals surface area contributed by atoms with Crippen molar-refractivity contribution in [3.8, 4) is 0 Å². The van der Waals surface area contributed by atoms with Crippen molar-refractivity contribution in [1.82, 2.24) is 15.0 Å². The monoisotopic (exact) mass is 396 g/mol. The second-order valence-electron chi connectivity index (χ2n) is 7.24. The molecule has 0 saturated heterocycles. The first-order valence-corrected chi connectivity index (χ1v) is 9.79. The van der Waals surface area contributed by atoms with Crippen LogP contribution in [-0.2, 0) is 13.0 Å². The maximum atomic E-state index is 12.9. The minimum absolute atomic E-state index is 0.235. The van der Waals surface area contributed by atoms with E-state index < -0.39 is 0 Å². The van der Waals surface area contributed by atoms with Gasteiger partial charge >= 0.3 is 0 Å². The van der Waals surface area contributed by atoms with Crippen molar-refractivity contribution in [2.45, 2.75) is 13.0 Å². The number of nitrogen functional groups attached to an aromatic ring is 1. The highest BCUT2D eigenvalue weighted by atomic mass is 16.1. The van der Waals surface area contributed by atoms with E-state index in [1.54, 1.807) is 6.20 Å². The molecule has 0 spiro atoms. The molecule has 0 atom stereocenters. The molecule has 1 amide bonds. The van der Waals surface area contributed by atoms with Crippen LogP contribution in [0.5, 0.6) is 0 Å². The Morgan fingerprint density at radius 3 is 2.70 bits per heavy atom. The number of nitrogens with zero attached hydrogens (tertiary/aromatic N) is 4. The van der Waals surface area contributed by atoms with Gasteiger partial charge in [0.15, 0.2) is 0 Å². The van der Waals surface area contributed by atoms with E-state index in [2.05, 4.69) is 20.2 Å². The van der Waals surface area contributed by atoms with Gasteiger partial charge in [-0.3, -0.25) is 4.79 Å². The average Bonchev–Trinajstić information content (AvgIpc) is 2.78. The first-order chi connectivity index (χ1) is 14.7. The molecule has 7 nitrogen and oxygen atoms in total. The number of nitrogens with one attached hydrogen (secondary N) is 1. The Hall–Kier alpha value is -4.00. The Morgan fingerprint density at radius 1 is 1.03 bits per heavy atom. The van der Waals surface area contributed by atoms with E-state index in [4.69, 9.17) is 10.7 Å². The molecule has 0 radical (unpaired) electrons. The van der Waals surface area contributed by atoms with E-state index in [0.717, 1.165) is 46.5 Å². The molecule has 5 rings (SSSR count). The number of anilines is 3. The minimum Gasteiger partial charge on any atom is -0.368 e.